The summed E-state index contributed by atoms with van der Waals surface area (Å²) in [5, 5.41) is 15.3. The Balaban J connectivity index is 1.84. The monoisotopic (exact) mass is 526 g/mol. The number of alkyl halides is 6. The van der Waals surface area contributed by atoms with Crippen molar-refractivity contribution < 1.29 is 36.2 Å². The molecule has 12 heteroatoms. The van der Waals surface area contributed by atoms with Crippen LogP contribution in [0.25, 0.3) is 0 Å². The first-order valence-corrected chi connectivity index (χ1v) is 11.8. The smallest absolute Gasteiger partial charge is 0.381 e. The minimum Gasteiger partial charge on any atom is -0.381 e. The van der Waals surface area contributed by atoms with Gasteiger partial charge in [-0.2, -0.15) is 38.1 Å². The van der Waals surface area contributed by atoms with E-state index in [2.05, 4.69) is 10.6 Å². The summed E-state index contributed by atoms with van der Waals surface area (Å²) in [4.78, 5) is 11.9. The Morgan fingerprint density at radius 1 is 1.12 bits per heavy atom. The molecule has 2 atom stereocenters. The van der Waals surface area contributed by atoms with E-state index in [1.807, 2.05) is 0 Å². The summed E-state index contributed by atoms with van der Waals surface area (Å²) < 4.78 is 80.9. The zero-order valence-corrected chi connectivity index (χ0v) is 19.4. The summed E-state index contributed by atoms with van der Waals surface area (Å²) in [7, 11) is 0. The van der Waals surface area contributed by atoms with Crippen molar-refractivity contribution in [3.8, 4) is 0 Å². The third kappa shape index (κ3) is 5.75. The average Bonchev–Trinajstić information content (AvgIpc) is 3.12. The predicted octanol–water partition coefficient (Wildman–Crippen LogP) is 5.69. The molecular weight excluding hydrogens is 506 g/mol. The first-order chi connectivity index (χ1) is 15.7. The Hall–Kier alpha value is -2.11. The lowest BCUT2D eigenvalue weighted by molar-refractivity contribution is -0.260. The number of thioether (sulfide) groups is 1. The van der Waals surface area contributed by atoms with Crippen LogP contribution in [0.3, 0.4) is 0 Å². The zero-order chi connectivity index (χ0) is 25.3. The molecule has 0 spiro atoms. The van der Waals surface area contributed by atoms with Crippen molar-refractivity contribution in [1.29, 1.82) is 0 Å². The van der Waals surface area contributed by atoms with E-state index in [1.165, 1.54) is 17.8 Å². The molecule has 0 saturated carbocycles. The van der Waals surface area contributed by atoms with Gasteiger partial charge in [-0.3, -0.25) is 4.79 Å². The van der Waals surface area contributed by atoms with Crippen LogP contribution in [0, 0.1) is 0 Å². The second-order valence-corrected chi connectivity index (χ2v) is 9.25. The number of hydrogen-bond acceptors (Lipinski definition) is 4. The van der Waals surface area contributed by atoms with E-state index >= 15 is 0 Å². The van der Waals surface area contributed by atoms with Crippen molar-refractivity contribution in [3.05, 3.63) is 63.7 Å². The van der Waals surface area contributed by atoms with Crippen molar-refractivity contribution in [1.82, 2.24) is 5.32 Å². The maximum Gasteiger partial charge on any atom is 0.423 e. The minimum atomic E-state index is -5.29. The third-order valence-corrected chi connectivity index (χ3v) is 6.32. The predicted molar refractivity (Wildman–Crippen MR) is 119 cm³/mol. The molecule has 1 aliphatic rings. The molecule has 186 valence electrons. The van der Waals surface area contributed by atoms with Gasteiger partial charge in [0.25, 0.3) is 0 Å². The molecule has 0 saturated heterocycles. The average molecular weight is 527 g/mol. The number of amides is 1. The highest BCUT2D eigenvalue weighted by molar-refractivity contribution is 7.99. The van der Waals surface area contributed by atoms with Gasteiger partial charge in [-0.1, -0.05) is 17.7 Å². The van der Waals surface area contributed by atoms with Crippen LogP contribution in [0.15, 0.2) is 36.4 Å². The molecule has 0 fully saturated rings. The van der Waals surface area contributed by atoms with E-state index in [1.54, 1.807) is 18.4 Å². The molecule has 0 unspecified atom stereocenters. The van der Waals surface area contributed by atoms with Crippen molar-refractivity contribution >= 4 is 35.0 Å². The highest BCUT2D eigenvalue weighted by Gasteiger charge is 2.55. The van der Waals surface area contributed by atoms with E-state index in [4.69, 9.17) is 11.6 Å². The molecule has 3 N–H and O–H groups in total. The maximum atomic E-state index is 13.9. The number of aliphatic hydroxyl groups is 1. The van der Waals surface area contributed by atoms with E-state index < -0.39 is 40.6 Å². The number of rotatable bonds is 7. The van der Waals surface area contributed by atoms with Gasteiger partial charge in [0, 0.05) is 10.7 Å². The highest BCUT2D eigenvalue weighted by atomic mass is 35.5. The maximum absolute atomic E-state index is 13.9. The van der Waals surface area contributed by atoms with Crippen molar-refractivity contribution in [2.24, 2.45) is 0 Å². The van der Waals surface area contributed by atoms with Gasteiger partial charge in [0.05, 0.1) is 23.9 Å². The second kappa shape index (κ2) is 9.87. The lowest BCUT2D eigenvalue weighted by Gasteiger charge is -2.32. The number of anilines is 1. The number of nitrogens with one attached hydrogen (secondary N) is 2. The lowest BCUT2D eigenvalue weighted by atomic mass is 9.91. The standard InChI is InChI=1S/C22H21ClF6N2O2S/c1-34-10-19(32)31-18-5-2-12-6-16(3-4-17(12)18)30-11-20(33,22(27,28)29)13-7-14(21(24,25)26)9-15(23)8-13/h3-4,6-9,18,30,33H,2,5,10-11H2,1H3,(H,31,32)/t18-,20+/m1/s1. The molecule has 0 heterocycles. The number of hydrogen-bond donors (Lipinski definition) is 3. The number of aryl methyl sites for hydroxylation is 1. The fourth-order valence-electron chi connectivity index (χ4n) is 3.83. The number of halogens is 7. The molecule has 0 aliphatic heterocycles. The SMILES string of the molecule is CSCC(=O)N[C@@H]1CCc2cc(NC[C@](O)(c3cc(Cl)cc(C(F)(F)F)c3)C(F)(F)F)ccc21. The van der Waals surface area contributed by atoms with E-state index in [-0.39, 0.29) is 23.7 Å². The second-order valence-electron chi connectivity index (χ2n) is 7.94. The largest absolute Gasteiger partial charge is 0.423 e. The van der Waals surface area contributed by atoms with Crippen LogP contribution < -0.4 is 10.6 Å². The van der Waals surface area contributed by atoms with Crippen LogP contribution in [0.2, 0.25) is 5.02 Å². The molecule has 1 amide bonds. The van der Waals surface area contributed by atoms with Gasteiger partial charge >= 0.3 is 12.4 Å². The topological polar surface area (TPSA) is 61.4 Å². The normalized spacial score (nSPS) is 17.7. The van der Waals surface area contributed by atoms with E-state index in [9.17, 15) is 36.2 Å². The van der Waals surface area contributed by atoms with E-state index in [0.29, 0.717) is 30.7 Å². The zero-order valence-electron chi connectivity index (χ0n) is 17.8. The lowest BCUT2D eigenvalue weighted by Crippen LogP contribution is -2.48. The quantitative estimate of drug-likeness (QED) is 0.406. The molecule has 2 aromatic carbocycles. The van der Waals surface area contributed by atoms with Crippen LogP contribution in [-0.2, 0) is 23.0 Å². The summed E-state index contributed by atoms with van der Waals surface area (Å²) in [5.74, 6) is 0.184. The number of carbonyl (C=O) groups excluding carboxylic acids is 1. The Bertz CT molecular complexity index is 1060. The van der Waals surface area contributed by atoms with Gasteiger partial charge in [0.15, 0.2) is 0 Å². The summed E-state index contributed by atoms with van der Waals surface area (Å²) in [6.45, 7) is -1.14. The van der Waals surface area contributed by atoms with E-state index in [0.717, 1.165) is 11.1 Å². The number of carbonyl (C=O) groups is 1. The summed E-state index contributed by atoms with van der Waals surface area (Å²) >= 11 is 7.01. The molecule has 0 radical (unpaired) electrons. The Morgan fingerprint density at radius 2 is 1.79 bits per heavy atom. The third-order valence-electron chi connectivity index (χ3n) is 5.55. The number of fused-ring (bicyclic) bond motifs is 1. The van der Waals surface area contributed by atoms with Crippen molar-refractivity contribution in [2.45, 2.75) is 36.8 Å². The van der Waals surface area contributed by atoms with Crippen LogP contribution in [0.4, 0.5) is 32.0 Å². The minimum absolute atomic E-state index is 0.123. The van der Waals surface area contributed by atoms with Crippen molar-refractivity contribution in [2.75, 3.05) is 23.9 Å². The molecule has 4 nitrogen and oxygen atoms in total. The van der Waals surface area contributed by atoms with Gasteiger partial charge in [0.2, 0.25) is 11.5 Å². The Labute approximate surface area is 201 Å². The highest BCUT2D eigenvalue weighted by Crippen LogP contribution is 2.42. The Morgan fingerprint density at radius 3 is 2.41 bits per heavy atom. The summed E-state index contributed by atoms with van der Waals surface area (Å²) in [5.41, 5.74) is -4.15. The fourth-order valence-corrected chi connectivity index (χ4v) is 4.41. The van der Waals surface area contributed by atoms with Crippen LogP contribution >= 0.6 is 23.4 Å². The van der Waals surface area contributed by atoms with Gasteiger partial charge < -0.3 is 15.7 Å². The van der Waals surface area contributed by atoms with Crippen LogP contribution in [0.1, 0.15) is 34.7 Å². The van der Waals surface area contributed by atoms with Crippen LogP contribution in [-0.4, -0.2) is 35.7 Å². The van der Waals surface area contributed by atoms with Crippen molar-refractivity contribution in [3.63, 3.8) is 0 Å². The molecule has 2 aromatic rings. The fraction of sp³-hybridized carbons (Fsp3) is 0.409. The molecule has 34 heavy (non-hydrogen) atoms. The Kier molecular flexibility index (Phi) is 7.69. The molecular formula is C22H21ClF6N2O2S. The van der Waals surface area contributed by atoms with Gasteiger partial charge in [0.1, 0.15) is 0 Å². The number of benzene rings is 2. The molecule has 3 rings (SSSR count). The van der Waals surface area contributed by atoms with Gasteiger partial charge in [-0.25, -0.2) is 0 Å². The molecule has 1 aliphatic carbocycles. The molecule has 0 aromatic heterocycles. The summed E-state index contributed by atoms with van der Waals surface area (Å²) in [6.07, 6.45) is -7.22. The summed E-state index contributed by atoms with van der Waals surface area (Å²) in [6, 6.07) is 5.96. The first-order valence-electron chi connectivity index (χ1n) is 10.1. The van der Waals surface area contributed by atoms with Crippen LogP contribution in [0.5, 0.6) is 0 Å². The van der Waals surface area contributed by atoms with Gasteiger partial charge in [-0.15, -0.1) is 0 Å². The molecule has 0 bridgehead atoms. The van der Waals surface area contributed by atoms with Gasteiger partial charge in [-0.05, 0) is 66.1 Å². The first kappa shape index (κ1) is 26.5.